The van der Waals surface area contributed by atoms with Crippen LogP contribution in [0, 0.1) is 0 Å². The summed E-state index contributed by atoms with van der Waals surface area (Å²) < 4.78 is 10.6. The van der Waals surface area contributed by atoms with Crippen molar-refractivity contribution in [3.8, 4) is 28.6 Å². The van der Waals surface area contributed by atoms with Crippen molar-refractivity contribution < 1.29 is 14.1 Å². The highest BCUT2D eigenvalue weighted by molar-refractivity contribution is 6.04. The van der Waals surface area contributed by atoms with Gasteiger partial charge in [-0.1, -0.05) is 47.6 Å². The normalized spacial score (nSPS) is 10.5. The predicted molar refractivity (Wildman–Crippen MR) is 106 cm³/mol. The lowest BCUT2D eigenvalue weighted by atomic mass is 10.1. The SMILES string of the molecule is COc1cccc(NC(=O)c2cccc(-c3nc(-c4ccccc4)no3)c2)c1. The smallest absolute Gasteiger partial charge is 0.258 e. The van der Waals surface area contributed by atoms with E-state index >= 15 is 0 Å². The summed E-state index contributed by atoms with van der Waals surface area (Å²) in [6.07, 6.45) is 0. The maximum Gasteiger partial charge on any atom is 0.258 e. The predicted octanol–water partition coefficient (Wildman–Crippen LogP) is 4.66. The average Bonchev–Trinajstić information content (AvgIpc) is 3.25. The second kappa shape index (κ2) is 7.75. The van der Waals surface area contributed by atoms with Crippen molar-refractivity contribution in [3.63, 3.8) is 0 Å². The molecule has 0 fully saturated rings. The zero-order valence-corrected chi connectivity index (χ0v) is 15.1. The summed E-state index contributed by atoms with van der Waals surface area (Å²) in [4.78, 5) is 17.0. The second-order valence-electron chi connectivity index (χ2n) is 6.06. The van der Waals surface area contributed by atoms with Crippen LogP contribution in [0.3, 0.4) is 0 Å². The topological polar surface area (TPSA) is 77.2 Å². The van der Waals surface area contributed by atoms with Crippen molar-refractivity contribution in [2.75, 3.05) is 12.4 Å². The lowest BCUT2D eigenvalue weighted by Gasteiger charge is -2.07. The Hall–Kier alpha value is -3.93. The van der Waals surface area contributed by atoms with Crippen LogP contribution in [-0.2, 0) is 0 Å². The summed E-state index contributed by atoms with van der Waals surface area (Å²) in [5.41, 5.74) is 2.68. The molecule has 3 aromatic carbocycles. The summed E-state index contributed by atoms with van der Waals surface area (Å²) >= 11 is 0. The van der Waals surface area contributed by atoms with Gasteiger partial charge in [-0.2, -0.15) is 4.98 Å². The molecule has 0 atom stereocenters. The number of carbonyl (C=O) groups is 1. The number of nitrogens with one attached hydrogen (secondary N) is 1. The molecule has 0 radical (unpaired) electrons. The van der Waals surface area contributed by atoms with Crippen LogP contribution in [0.25, 0.3) is 22.8 Å². The Labute approximate surface area is 161 Å². The van der Waals surface area contributed by atoms with E-state index in [0.29, 0.717) is 34.3 Å². The first kappa shape index (κ1) is 17.5. The van der Waals surface area contributed by atoms with E-state index in [1.165, 1.54) is 0 Å². The van der Waals surface area contributed by atoms with E-state index in [9.17, 15) is 4.79 Å². The minimum Gasteiger partial charge on any atom is -0.497 e. The summed E-state index contributed by atoms with van der Waals surface area (Å²) in [7, 11) is 1.58. The molecule has 4 aromatic rings. The van der Waals surface area contributed by atoms with Gasteiger partial charge in [-0.25, -0.2) is 0 Å². The number of amides is 1. The van der Waals surface area contributed by atoms with Crippen LogP contribution in [0.4, 0.5) is 5.69 Å². The van der Waals surface area contributed by atoms with E-state index in [1.807, 2.05) is 48.5 Å². The number of methoxy groups -OCH3 is 1. The number of rotatable bonds is 5. The van der Waals surface area contributed by atoms with Crippen LogP contribution in [0.2, 0.25) is 0 Å². The molecule has 1 amide bonds. The standard InChI is InChI=1S/C22H17N3O3/c1-27-19-12-6-11-18(14-19)23-21(26)16-9-5-10-17(13-16)22-24-20(25-28-22)15-7-3-2-4-8-15/h2-14H,1H3,(H,23,26). The van der Waals surface area contributed by atoms with Gasteiger partial charge < -0.3 is 14.6 Å². The van der Waals surface area contributed by atoms with E-state index in [4.69, 9.17) is 9.26 Å². The van der Waals surface area contributed by atoms with E-state index in [2.05, 4.69) is 15.5 Å². The highest BCUT2D eigenvalue weighted by atomic mass is 16.5. The van der Waals surface area contributed by atoms with E-state index in [1.54, 1.807) is 37.4 Å². The summed E-state index contributed by atoms with van der Waals surface area (Å²) in [6.45, 7) is 0. The monoisotopic (exact) mass is 371 g/mol. The van der Waals surface area contributed by atoms with E-state index < -0.39 is 0 Å². The maximum atomic E-state index is 12.6. The Balaban J connectivity index is 1.56. The largest absolute Gasteiger partial charge is 0.497 e. The number of nitrogens with zero attached hydrogens (tertiary/aromatic N) is 2. The van der Waals surface area contributed by atoms with Gasteiger partial charge >= 0.3 is 0 Å². The molecule has 1 N–H and O–H groups in total. The zero-order valence-electron chi connectivity index (χ0n) is 15.1. The van der Waals surface area contributed by atoms with Crippen LogP contribution in [0.5, 0.6) is 5.75 Å². The number of aromatic nitrogens is 2. The molecular formula is C22H17N3O3. The maximum absolute atomic E-state index is 12.6. The molecule has 0 aliphatic rings. The van der Waals surface area contributed by atoms with Crippen molar-refractivity contribution in [1.82, 2.24) is 10.1 Å². The molecular weight excluding hydrogens is 354 g/mol. The first-order valence-electron chi connectivity index (χ1n) is 8.68. The molecule has 0 spiro atoms. The van der Waals surface area contributed by atoms with Gasteiger partial charge in [0.05, 0.1) is 7.11 Å². The summed E-state index contributed by atoms with van der Waals surface area (Å²) in [6, 6.07) is 23.8. The van der Waals surface area contributed by atoms with Crippen molar-refractivity contribution in [2.45, 2.75) is 0 Å². The number of hydrogen-bond acceptors (Lipinski definition) is 5. The minimum absolute atomic E-state index is 0.238. The molecule has 0 aliphatic carbocycles. The first-order chi connectivity index (χ1) is 13.7. The molecule has 28 heavy (non-hydrogen) atoms. The number of ether oxygens (including phenoxy) is 1. The Morgan fingerprint density at radius 1 is 0.929 bits per heavy atom. The second-order valence-corrected chi connectivity index (χ2v) is 6.06. The first-order valence-corrected chi connectivity index (χ1v) is 8.68. The van der Waals surface area contributed by atoms with Crippen LogP contribution in [0.15, 0.2) is 83.4 Å². The lowest BCUT2D eigenvalue weighted by molar-refractivity contribution is 0.102. The van der Waals surface area contributed by atoms with Gasteiger partial charge in [0.25, 0.3) is 11.8 Å². The van der Waals surface area contributed by atoms with Gasteiger partial charge in [0, 0.05) is 28.4 Å². The third kappa shape index (κ3) is 3.76. The van der Waals surface area contributed by atoms with E-state index in [0.717, 1.165) is 5.56 Å². The van der Waals surface area contributed by atoms with Crippen LogP contribution in [-0.4, -0.2) is 23.2 Å². The van der Waals surface area contributed by atoms with Gasteiger partial charge in [0.1, 0.15) is 5.75 Å². The Kier molecular flexibility index (Phi) is 4.84. The molecule has 138 valence electrons. The summed E-state index contributed by atoms with van der Waals surface area (Å²) in [5.74, 6) is 1.29. The van der Waals surface area contributed by atoms with Gasteiger partial charge in [-0.15, -0.1) is 0 Å². The molecule has 0 unspecified atom stereocenters. The van der Waals surface area contributed by atoms with Crippen LogP contribution < -0.4 is 10.1 Å². The number of benzene rings is 3. The van der Waals surface area contributed by atoms with Crippen molar-refractivity contribution in [2.24, 2.45) is 0 Å². The third-order valence-corrected chi connectivity index (χ3v) is 4.16. The van der Waals surface area contributed by atoms with Crippen LogP contribution in [0.1, 0.15) is 10.4 Å². The molecule has 1 aromatic heterocycles. The molecule has 6 heteroatoms. The number of anilines is 1. The van der Waals surface area contributed by atoms with Gasteiger partial charge in [0.2, 0.25) is 5.82 Å². The van der Waals surface area contributed by atoms with Gasteiger partial charge in [-0.3, -0.25) is 4.79 Å². The highest BCUT2D eigenvalue weighted by Gasteiger charge is 2.13. The minimum atomic E-state index is -0.238. The quantitative estimate of drug-likeness (QED) is 0.552. The van der Waals surface area contributed by atoms with Gasteiger partial charge in [0.15, 0.2) is 0 Å². The molecule has 0 aliphatic heterocycles. The molecule has 0 saturated carbocycles. The fourth-order valence-corrected chi connectivity index (χ4v) is 2.74. The molecule has 0 saturated heterocycles. The highest BCUT2D eigenvalue weighted by Crippen LogP contribution is 2.23. The molecule has 4 rings (SSSR count). The number of hydrogen-bond donors (Lipinski definition) is 1. The Bertz CT molecular complexity index is 1110. The van der Waals surface area contributed by atoms with Crippen molar-refractivity contribution in [1.29, 1.82) is 0 Å². The average molecular weight is 371 g/mol. The molecule has 0 bridgehead atoms. The summed E-state index contributed by atoms with van der Waals surface area (Å²) in [5, 5.41) is 6.88. The fourth-order valence-electron chi connectivity index (χ4n) is 2.74. The van der Waals surface area contributed by atoms with Crippen molar-refractivity contribution >= 4 is 11.6 Å². The van der Waals surface area contributed by atoms with Crippen molar-refractivity contribution in [3.05, 3.63) is 84.4 Å². The zero-order chi connectivity index (χ0) is 19.3. The van der Waals surface area contributed by atoms with Crippen LogP contribution >= 0.6 is 0 Å². The number of carbonyl (C=O) groups excluding carboxylic acids is 1. The Morgan fingerprint density at radius 2 is 1.71 bits per heavy atom. The molecule has 6 nitrogen and oxygen atoms in total. The third-order valence-electron chi connectivity index (χ3n) is 4.16. The van der Waals surface area contributed by atoms with E-state index in [-0.39, 0.29) is 5.91 Å². The molecule has 1 heterocycles. The Morgan fingerprint density at radius 3 is 2.54 bits per heavy atom. The fraction of sp³-hybridized carbons (Fsp3) is 0.0455. The lowest BCUT2D eigenvalue weighted by Crippen LogP contribution is -2.11. The van der Waals surface area contributed by atoms with Gasteiger partial charge in [-0.05, 0) is 30.3 Å².